The van der Waals surface area contributed by atoms with Crippen LogP contribution in [0.15, 0.2) is 24.3 Å². The highest BCUT2D eigenvalue weighted by Crippen LogP contribution is 2.31. The van der Waals surface area contributed by atoms with E-state index in [1.54, 1.807) is 6.92 Å². The maximum Gasteiger partial charge on any atom is 0.258 e. The molecule has 0 saturated heterocycles. The molecule has 1 amide bonds. The molecule has 0 aliphatic carbocycles. The Hall–Kier alpha value is -2.14. The second-order valence-corrected chi connectivity index (χ2v) is 5.73. The maximum absolute atomic E-state index is 12.3. The minimum absolute atomic E-state index is 0.0752. The first-order chi connectivity index (χ1) is 9.40. The predicted octanol–water partition coefficient (Wildman–Crippen LogP) is 3.40. The third kappa shape index (κ3) is 2.72. The minimum Gasteiger partial charge on any atom is -0.390 e. The van der Waals surface area contributed by atoms with Crippen molar-refractivity contribution in [1.29, 1.82) is 0 Å². The molecule has 0 aliphatic heterocycles. The summed E-state index contributed by atoms with van der Waals surface area (Å²) in [6.45, 7) is 5.17. The zero-order valence-corrected chi connectivity index (χ0v) is 12.4. The van der Waals surface area contributed by atoms with Crippen molar-refractivity contribution < 1.29 is 9.59 Å². The van der Waals surface area contributed by atoms with Crippen molar-refractivity contribution in [3.05, 3.63) is 45.8 Å². The molecule has 5 heteroatoms. The standard InChI is InChI=1S/C15H16N2O2S/c1-8-5-4-6-11(7-8)17-15(19)12-9(2)13(10(3)18)20-14(12)16/h4-7H,16H2,1-3H3,(H,17,19). The normalized spacial score (nSPS) is 10.3. The van der Waals surface area contributed by atoms with E-state index >= 15 is 0 Å². The van der Waals surface area contributed by atoms with Gasteiger partial charge in [0.25, 0.3) is 5.91 Å². The summed E-state index contributed by atoms with van der Waals surface area (Å²) in [5.74, 6) is -0.358. The van der Waals surface area contributed by atoms with E-state index in [1.807, 2.05) is 31.2 Å². The molecule has 1 heterocycles. The van der Waals surface area contributed by atoms with Gasteiger partial charge in [-0.15, -0.1) is 11.3 Å². The van der Waals surface area contributed by atoms with Crippen LogP contribution in [0.25, 0.3) is 0 Å². The number of Topliss-reactive ketones (excluding diaryl/α,β-unsaturated/α-hetero) is 1. The molecule has 1 aromatic heterocycles. The fourth-order valence-corrected chi connectivity index (χ4v) is 3.04. The van der Waals surface area contributed by atoms with Crippen molar-refractivity contribution in [3.8, 4) is 0 Å². The van der Waals surface area contributed by atoms with Gasteiger partial charge in [-0.2, -0.15) is 0 Å². The van der Waals surface area contributed by atoms with Crippen molar-refractivity contribution in [1.82, 2.24) is 0 Å². The maximum atomic E-state index is 12.3. The van der Waals surface area contributed by atoms with Crippen LogP contribution in [0.1, 0.15) is 38.1 Å². The number of thiophene rings is 1. The van der Waals surface area contributed by atoms with Gasteiger partial charge in [0, 0.05) is 5.69 Å². The van der Waals surface area contributed by atoms with Gasteiger partial charge in [0.1, 0.15) is 0 Å². The molecule has 4 nitrogen and oxygen atoms in total. The number of benzene rings is 1. The highest BCUT2D eigenvalue weighted by atomic mass is 32.1. The number of carbonyl (C=O) groups excluding carboxylic acids is 2. The average Bonchev–Trinajstić information content (AvgIpc) is 2.65. The average molecular weight is 288 g/mol. The first kappa shape index (κ1) is 14.3. The SMILES string of the molecule is CC(=O)c1sc(N)c(C(=O)Nc2cccc(C)c2)c1C. The summed E-state index contributed by atoms with van der Waals surface area (Å²) in [6.07, 6.45) is 0. The largest absolute Gasteiger partial charge is 0.390 e. The van der Waals surface area contributed by atoms with Gasteiger partial charge in [-0.05, 0) is 44.0 Å². The van der Waals surface area contributed by atoms with Gasteiger partial charge in [0.15, 0.2) is 5.78 Å². The van der Waals surface area contributed by atoms with Crippen LogP contribution in [0.4, 0.5) is 10.7 Å². The molecule has 0 aliphatic rings. The summed E-state index contributed by atoms with van der Waals surface area (Å²) in [4.78, 5) is 24.3. The number of amides is 1. The minimum atomic E-state index is -0.283. The summed E-state index contributed by atoms with van der Waals surface area (Å²) in [6, 6.07) is 7.51. The topological polar surface area (TPSA) is 72.2 Å². The molecule has 1 aromatic carbocycles. The third-order valence-electron chi connectivity index (χ3n) is 3.00. The Morgan fingerprint density at radius 2 is 1.95 bits per heavy atom. The second-order valence-electron chi connectivity index (χ2n) is 4.68. The molecule has 0 bridgehead atoms. The Morgan fingerprint density at radius 3 is 2.50 bits per heavy atom. The lowest BCUT2D eigenvalue weighted by Gasteiger charge is -2.06. The Bertz CT molecular complexity index is 689. The molecule has 0 radical (unpaired) electrons. The summed E-state index contributed by atoms with van der Waals surface area (Å²) in [5, 5.41) is 3.18. The zero-order valence-electron chi connectivity index (χ0n) is 11.6. The highest BCUT2D eigenvalue weighted by Gasteiger charge is 2.21. The van der Waals surface area contributed by atoms with Crippen LogP contribution in [0.5, 0.6) is 0 Å². The van der Waals surface area contributed by atoms with Crippen LogP contribution in [-0.4, -0.2) is 11.7 Å². The molecule has 0 fully saturated rings. The Kier molecular flexibility index (Phi) is 3.90. The van der Waals surface area contributed by atoms with Crippen LogP contribution in [0, 0.1) is 13.8 Å². The van der Waals surface area contributed by atoms with Crippen LogP contribution < -0.4 is 11.1 Å². The van der Waals surface area contributed by atoms with Crippen LogP contribution in [-0.2, 0) is 0 Å². The first-order valence-corrected chi connectivity index (χ1v) is 6.99. The number of anilines is 2. The molecule has 0 unspecified atom stereocenters. The van der Waals surface area contributed by atoms with E-state index in [-0.39, 0.29) is 11.7 Å². The van der Waals surface area contributed by atoms with Crippen LogP contribution in [0.2, 0.25) is 0 Å². The van der Waals surface area contributed by atoms with Crippen molar-refractivity contribution in [3.63, 3.8) is 0 Å². The Balaban J connectivity index is 2.32. The number of carbonyl (C=O) groups is 2. The summed E-state index contributed by atoms with van der Waals surface area (Å²) >= 11 is 1.16. The molecule has 20 heavy (non-hydrogen) atoms. The predicted molar refractivity (Wildman–Crippen MR) is 82.6 cm³/mol. The number of rotatable bonds is 3. The number of nitrogen functional groups attached to an aromatic ring is 1. The van der Waals surface area contributed by atoms with Gasteiger partial charge in [0.05, 0.1) is 15.4 Å². The van der Waals surface area contributed by atoms with Gasteiger partial charge in [-0.1, -0.05) is 12.1 Å². The number of nitrogens with one attached hydrogen (secondary N) is 1. The number of nitrogens with two attached hydrogens (primary N) is 1. The molecular weight excluding hydrogens is 272 g/mol. The van der Waals surface area contributed by atoms with Crippen molar-refractivity contribution >= 4 is 33.7 Å². The molecular formula is C15H16N2O2S. The van der Waals surface area contributed by atoms with Gasteiger partial charge in [0.2, 0.25) is 0 Å². The van der Waals surface area contributed by atoms with Crippen molar-refractivity contribution in [2.45, 2.75) is 20.8 Å². The van der Waals surface area contributed by atoms with Gasteiger partial charge in [-0.25, -0.2) is 0 Å². The van der Waals surface area contributed by atoms with Crippen LogP contribution >= 0.6 is 11.3 Å². The molecule has 0 atom stereocenters. The van der Waals surface area contributed by atoms with Crippen molar-refractivity contribution in [2.24, 2.45) is 0 Å². The molecule has 0 saturated carbocycles. The van der Waals surface area contributed by atoms with E-state index in [2.05, 4.69) is 5.32 Å². The van der Waals surface area contributed by atoms with E-state index in [1.165, 1.54) is 6.92 Å². The highest BCUT2D eigenvalue weighted by molar-refractivity contribution is 7.18. The number of ketones is 1. The summed E-state index contributed by atoms with van der Waals surface area (Å²) < 4.78 is 0. The van der Waals surface area contributed by atoms with Gasteiger partial charge < -0.3 is 11.1 Å². The zero-order chi connectivity index (χ0) is 14.9. The third-order valence-corrected chi connectivity index (χ3v) is 4.22. The summed E-state index contributed by atoms with van der Waals surface area (Å²) in [7, 11) is 0. The number of hydrogen-bond acceptors (Lipinski definition) is 4. The number of aryl methyl sites for hydroxylation is 1. The lowest BCUT2D eigenvalue weighted by molar-refractivity contribution is 0.102. The Labute approximate surface area is 121 Å². The van der Waals surface area contributed by atoms with Gasteiger partial charge >= 0.3 is 0 Å². The molecule has 2 rings (SSSR count). The van der Waals surface area contributed by atoms with Crippen molar-refractivity contribution in [2.75, 3.05) is 11.1 Å². The van der Waals surface area contributed by atoms with E-state index in [0.717, 1.165) is 16.9 Å². The fourth-order valence-electron chi connectivity index (χ4n) is 2.07. The van der Waals surface area contributed by atoms with E-state index < -0.39 is 0 Å². The van der Waals surface area contributed by atoms with E-state index in [4.69, 9.17) is 5.73 Å². The van der Waals surface area contributed by atoms with Crippen LogP contribution in [0.3, 0.4) is 0 Å². The molecule has 104 valence electrons. The first-order valence-electron chi connectivity index (χ1n) is 6.18. The fraction of sp³-hybridized carbons (Fsp3) is 0.200. The Morgan fingerprint density at radius 1 is 1.25 bits per heavy atom. The lowest BCUT2D eigenvalue weighted by Crippen LogP contribution is -2.14. The monoisotopic (exact) mass is 288 g/mol. The van der Waals surface area contributed by atoms with E-state index in [9.17, 15) is 9.59 Å². The number of hydrogen-bond donors (Lipinski definition) is 2. The second kappa shape index (κ2) is 5.46. The quantitative estimate of drug-likeness (QED) is 0.850. The molecule has 3 N–H and O–H groups in total. The van der Waals surface area contributed by atoms with E-state index in [0.29, 0.717) is 26.7 Å². The molecule has 2 aromatic rings. The lowest BCUT2D eigenvalue weighted by atomic mass is 10.1. The smallest absolute Gasteiger partial charge is 0.258 e. The summed E-state index contributed by atoms with van der Waals surface area (Å²) in [5.41, 5.74) is 8.67. The van der Waals surface area contributed by atoms with Gasteiger partial charge in [-0.3, -0.25) is 9.59 Å². The molecule has 0 spiro atoms.